The molecule has 0 amide bonds. The fraction of sp³-hybridized carbons (Fsp3) is 0.158. The monoisotopic (exact) mass is 282 g/mol. The molecule has 0 atom stereocenters. The Morgan fingerprint density at radius 3 is 2.00 bits per heavy atom. The van der Waals surface area contributed by atoms with Crippen LogP contribution in [0.2, 0.25) is 0 Å². The second kappa shape index (κ2) is 6.40. The Balaban J connectivity index is 0.000000161. The molecule has 0 spiro atoms. The van der Waals surface area contributed by atoms with E-state index in [1.54, 1.807) is 24.3 Å². The molecule has 0 aliphatic rings. The number of fused-ring (bicyclic) bond motifs is 1. The summed E-state index contributed by atoms with van der Waals surface area (Å²) in [6.07, 6.45) is 0. The third-order valence-corrected chi connectivity index (χ3v) is 3.51. The van der Waals surface area contributed by atoms with Crippen molar-refractivity contribution in [2.75, 3.05) is 0 Å². The van der Waals surface area contributed by atoms with Gasteiger partial charge in [0.15, 0.2) is 0 Å². The Morgan fingerprint density at radius 1 is 0.762 bits per heavy atom. The predicted molar refractivity (Wildman–Crippen MR) is 86.2 cm³/mol. The zero-order chi connectivity index (χ0) is 15.4. The van der Waals surface area contributed by atoms with Crippen molar-refractivity contribution in [3.63, 3.8) is 0 Å². The molecule has 0 unspecified atom stereocenters. The molecular weight excluding hydrogens is 263 g/mol. The van der Waals surface area contributed by atoms with E-state index in [1.807, 2.05) is 0 Å². The minimum atomic E-state index is -0.302. The van der Waals surface area contributed by atoms with Crippen molar-refractivity contribution >= 4 is 10.8 Å². The molecule has 0 aliphatic carbocycles. The molecule has 21 heavy (non-hydrogen) atoms. The first-order valence-corrected chi connectivity index (χ1v) is 6.89. The molecule has 1 nitrogen and oxygen atoms in total. The highest BCUT2D eigenvalue weighted by molar-refractivity contribution is 5.88. The summed E-state index contributed by atoms with van der Waals surface area (Å²) in [4.78, 5) is 0. The molecule has 0 saturated carbocycles. The van der Waals surface area contributed by atoms with Gasteiger partial charge in [0.1, 0.15) is 11.6 Å². The second-order valence-electron chi connectivity index (χ2n) is 5.20. The van der Waals surface area contributed by atoms with E-state index in [4.69, 9.17) is 0 Å². The number of hydrogen-bond acceptors (Lipinski definition) is 1. The Hall–Kier alpha value is -2.35. The lowest BCUT2D eigenvalue weighted by Crippen LogP contribution is -1.79. The largest absolute Gasteiger partial charge is 0.507 e. The zero-order valence-corrected chi connectivity index (χ0v) is 12.5. The highest BCUT2D eigenvalue weighted by Crippen LogP contribution is 2.25. The quantitative estimate of drug-likeness (QED) is 0.593. The number of phenolic OH excluding ortho intramolecular Hbond substituents is 1. The van der Waals surface area contributed by atoms with Crippen LogP contribution in [0.4, 0.5) is 4.39 Å². The van der Waals surface area contributed by atoms with Gasteiger partial charge in [0.2, 0.25) is 0 Å². The third kappa shape index (κ3) is 3.60. The molecular formula is C19H19FO. The summed E-state index contributed by atoms with van der Waals surface area (Å²) in [5, 5.41) is 10.3. The van der Waals surface area contributed by atoms with Crippen molar-refractivity contribution < 1.29 is 9.50 Å². The molecule has 0 radical (unpaired) electrons. The predicted octanol–water partition coefficient (Wildman–Crippen LogP) is 5.30. The number of aromatic hydroxyl groups is 1. The van der Waals surface area contributed by atoms with Crippen molar-refractivity contribution in [1.82, 2.24) is 0 Å². The summed E-state index contributed by atoms with van der Waals surface area (Å²) in [5.74, 6) is -0.185. The van der Waals surface area contributed by atoms with Gasteiger partial charge in [0.05, 0.1) is 0 Å². The number of aryl methyl sites for hydroxylation is 3. The molecule has 0 fully saturated rings. The summed E-state index contributed by atoms with van der Waals surface area (Å²) in [5.41, 5.74) is 4.11. The SMILES string of the molecule is Cc1ccc(C)c(C)c1.Oc1ccc(F)c2ccccc12. The molecule has 3 aromatic carbocycles. The fourth-order valence-corrected chi connectivity index (χ4v) is 2.14. The molecule has 3 aromatic rings. The number of halogens is 1. The summed E-state index contributed by atoms with van der Waals surface area (Å²) in [6.45, 7) is 6.39. The molecule has 0 bridgehead atoms. The van der Waals surface area contributed by atoms with Gasteiger partial charge in [0.25, 0.3) is 0 Å². The lowest BCUT2D eigenvalue weighted by atomic mass is 10.1. The second-order valence-corrected chi connectivity index (χ2v) is 5.20. The zero-order valence-electron chi connectivity index (χ0n) is 12.5. The number of benzene rings is 3. The first-order chi connectivity index (χ1) is 9.99. The third-order valence-electron chi connectivity index (χ3n) is 3.51. The maximum Gasteiger partial charge on any atom is 0.131 e. The van der Waals surface area contributed by atoms with Gasteiger partial charge in [-0.3, -0.25) is 0 Å². The molecule has 1 N–H and O–H groups in total. The van der Waals surface area contributed by atoms with E-state index in [0.717, 1.165) is 0 Å². The first-order valence-electron chi connectivity index (χ1n) is 6.89. The molecule has 108 valence electrons. The Kier molecular flexibility index (Phi) is 4.59. The van der Waals surface area contributed by atoms with Crippen LogP contribution in [-0.2, 0) is 0 Å². The minimum absolute atomic E-state index is 0.118. The highest BCUT2D eigenvalue weighted by atomic mass is 19.1. The van der Waals surface area contributed by atoms with E-state index in [1.165, 1.54) is 28.8 Å². The highest BCUT2D eigenvalue weighted by Gasteiger charge is 2.02. The van der Waals surface area contributed by atoms with Gasteiger partial charge in [-0.15, -0.1) is 0 Å². The molecule has 0 aromatic heterocycles. The molecule has 3 rings (SSSR count). The van der Waals surface area contributed by atoms with Crippen LogP contribution in [0.1, 0.15) is 16.7 Å². The van der Waals surface area contributed by atoms with E-state index in [0.29, 0.717) is 10.8 Å². The van der Waals surface area contributed by atoms with Crippen molar-refractivity contribution in [2.45, 2.75) is 20.8 Å². The van der Waals surface area contributed by atoms with Crippen LogP contribution in [0.15, 0.2) is 54.6 Å². The van der Waals surface area contributed by atoms with Crippen molar-refractivity contribution in [1.29, 1.82) is 0 Å². The van der Waals surface area contributed by atoms with E-state index in [2.05, 4.69) is 39.0 Å². The van der Waals surface area contributed by atoms with Crippen LogP contribution >= 0.6 is 0 Å². The topological polar surface area (TPSA) is 20.2 Å². The van der Waals surface area contributed by atoms with Crippen LogP contribution < -0.4 is 0 Å². The van der Waals surface area contributed by atoms with Gasteiger partial charge in [-0.05, 0) is 44.0 Å². The number of phenols is 1. The summed E-state index contributed by atoms with van der Waals surface area (Å²) in [7, 11) is 0. The van der Waals surface area contributed by atoms with Crippen molar-refractivity contribution in [2.24, 2.45) is 0 Å². The minimum Gasteiger partial charge on any atom is -0.507 e. The summed E-state index contributed by atoms with van der Waals surface area (Å²) >= 11 is 0. The average Bonchev–Trinajstić information content (AvgIpc) is 2.48. The van der Waals surface area contributed by atoms with Crippen LogP contribution in [0.5, 0.6) is 5.75 Å². The Morgan fingerprint density at radius 2 is 1.43 bits per heavy atom. The Labute approximate surface area is 124 Å². The number of rotatable bonds is 0. The first kappa shape index (κ1) is 15.0. The van der Waals surface area contributed by atoms with E-state index < -0.39 is 0 Å². The molecule has 0 heterocycles. The van der Waals surface area contributed by atoms with Gasteiger partial charge in [-0.25, -0.2) is 4.39 Å². The lowest BCUT2D eigenvalue weighted by Gasteiger charge is -2.00. The molecule has 2 heteroatoms. The molecule has 0 aliphatic heterocycles. The maximum atomic E-state index is 13.1. The van der Waals surface area contributed by atoms with Gasteiger partial charge in [-0.2, -0.15) is 0 Å². The maximum absolute atomic E-state index is 13.1. The van der Waals surface area contributed by atoms with Crippen LogP contribution in [0.25, 0.3) is 10.8 Å². The van der Waals surface area contributed by atoms with E-state index in [-0.39, 0.29) is 11.6 Å². The van der Waals surface area contributed by atoms with Gasteiger partial charge in [0, 0.05) is 10.8 Å². The van der Waals surface area contributed by atoms with Crippen LogP contribution in [0.3, 0.4) is 0 Å². The lowest BCUT2D eigenvalue weighted by molar-refractivity contribution is 0.480. The Bertz CT molecular complexity index is 722. The van der Waals surface area contributed by atoms with E-state index >= 15 is 0 Å². The van der Waals surface area contributed by atoms with Gasteiger partial charge >= 0.3 is 0 Å². The number of hydrogen-bond donors (Lipinski definition) is 1. The smallest absolute Gasteiger partial charge is 0.131 e. The van der Waals surface area contributed by atoms with Crippen LogP contribution in [0, 0.1) is 26.6 Å². The van der Waals surface area contributed by atoms with E-state index in [9.17, 15) is 9.50 Å². The van der Waals surface area contributed by atoms with Gasteiger partial charge in [-0.1, -0.05) is 48.0 Å². The van der Waals surface area contributed by atoms with Crippen LogP contribution in [-0.4, -0.2) is 5.11 Å². The van der Waals surface area contributed by atoms with Crippen molar-refractivity contribution in [3.8, 4) is 5.75 Å². The summed E-state index contributed by atoms with van der Waals surface area (Å²) < 4.78 is 13.1. The fourth-order valence-electron chi connectivity index (χ4n) is 2.14. The van der Waals surface area contributed by atoms with Crippen molar-refractivity contribution in [3.05, 3.63) is 77.1 Å². The summed E-state index contributed by atoms with van der Waals surface area (Å²) in [6, 6.07) is 16.0. The van der Waals surface area contributed by atoms with Gasteiger partial charge < -0.3 is 5.11 Å². The molecule has 0 saturated heterocycles. The normalized spacial score (nSPS) is 10.1. The average molecular weight is 282 g/mol. The standard InChI is InChI=1S/C10H7FO.C9H12/c11-9-5-6-10(12)8-4-2-1-3-7(8)9;1-7-4-5-8(2)9(3)6-7/h1-6,12H;4-6H,1-3H3.